The van der Waals surface area contributed by atoms with Gasteiger partial charge in [-0.05, 0) is 69.9 Å². The number of nitrogens with two attached hydrogens (primary N) is 1. The topological polar surface area (TPSA) is 66.0 Å². The zero-order valence-electron chi connectivity index (χ0n) is 16.1. The summed E-state index contributed by atoms with van der Waals surface area (Å²) in [6.45, 7) is 5.67. The first-order valence-electron chi connectivity index (χ1n) is 8.93. The molecule has 0 aliphatic carbocycles. The van der Waals surface area contributed by atoms with Crippen molar-refractivity contribution in [1.29, 1.82) is 0 Å². The van der Waals surface area contributed by atoms with Crippen molar-refractivity contribution < 1.29 is 9.21 Å². The molecule has 0 saturated carbocycles. The lowest BCUT2D eigenvalue weighted by molar-refractivity contribution is 0.184. The highest BCUT2D eigenvalue weighted by Crippen LogP contribution is 2.37. The summed E-state index contributed by atoms with van der Waals surface area (Å²) in [6, 6.07) is 10.3. The van der Waals surface area contributed by atoms with E-state index in [9.17, 15) is 4.79 Å². The fourth-order valence-electron chi connectivity index (χ4n) is 3.19. The zero-order chi connectivity index (χ0) is 19.6. The van der Waals surface area contributed by atoms with Gasteiger partial charge in [0.1, 0.15) is 17.6 Å². The third kappa shape index (κ3) is 4.70. The van der Waals surface area contributed by atoms with E-state index in [-0.39, 0.29) is 18.4 Å². The molecule has 6 nitrogen and oxygen atoms in total. The molecule has 1 aromatic carbocycles. The number of halogens is 2. The Kier molecular flexibility index (Phi) is 7.55. The highest BCUT2D eigenvalue weighted by atomic mass is 35.5. The first kappa shape index (κ1) is 22.3. The number of carbonyl (C=O) groups excluding carboxylic acids is 1. The second-order valence-electron chi connectivity index (χ2n) is 6.95. The van der Waals surface area contributed by atoms with Crippen LogP contribution in [-0.4, -0.2) is 48.0 Å². The summed E-state index contributed by atoms with van der Waals surface area (Å²) in [5.41, 5.74) is 1.55. The van der Waals surface area contributed by atoms with Gasteiger partial charge >= 0.3 is 6.03 Å². The monoisotopic (exact) mass is 424 g/mol. The van der Waals surface area contributed by atoms with Gasteiger partial charge in [0, 0.05) is 22.8 Å². The van der Waals surface area contributed by atoms with Crippen molar-refractivity contribution in [1.82, 2.24) is 14.8 Å². The van der Waals surface area contributed by atoms with Crippen molar-refractivity contribution >= 4 is 30.0 Å². The molecule has 1 aromatic heterocycles. The molecule has 1 fully saturated rings. The van der Waals surface area contributed by atoms with E-state index in [1.54, 1.807) is 4.90 Å². The predicted octanol–water partition coefficient (Wildman–Crippen LogP) is 4.53. The number of benzene rings is 1. The Balaban J connectivity index is 0.00000280. The van der Waals surface area contributed by atoms with Crippen molar-refractivity contribution in [3.05, 3.63) is 59.5 Å². The maximum absolute atomic E-state index is 12.5. The number of rotatable bonds is 7. The van der Waals surface area contributed by atoms with E-state index in [4.69, 9.17) is 21.9 Å². The number of urea groups is 1. The van der Waals surface area contributed by atoms with E-state index in [1.165, 1.54) is 5.01 Å². The van der Waals surface area contributed by atoms with Gasteiger partial charge < -0.3 is 9.32 Å². The minimum atomic E-state index is -0.493. The van der Waals surface area contributed by atoms with Gasteiger partial charge in [0.05, 0.1) is 0 Å². The Bertz CT molecular complexity index is 820. The van der Waals surface area contributed by atoms with Crippen LogP contribution in [0.3, 0.4) is 0 Å². The van der Waals surface area contributed by atoms with Crippen LogP contribution in [0.25, 0.3) is 11.3 Å². The minimum Gasteiger partial charge on any atom is -0.458 e. The number of amides is 2. The van der Waals surface area contributed by atoms with Crippen LogP contribution in [0.4, 0.5) is 4.79 Å². The van der Waals surface area contributed by atoms with Gasteiger partial charge in [0.2, 0.25) is 0 Å². The molecule has 1 aliphatic heterocycles. The van der Waals surface area contributed by atoms with Gasteiger partial charge in [-0.15, -0.1) is 12.4 Å². The molecule has 152 valence electrons. The van der Waals surface area contributed by atoms with Gasteiger partial charge in [-0.2, -0.15) is 0 Å². The SMILES string of the molecule is C=C1C(c2ccc(-c3ccc(Cl)cc3)o2)N(N)C(=O)N1CCCCN(C)C.Cl. The Labute approximate surface area is 176 Å². The Morgan fingerprint density at radius 2 is 1.86 bits per heavy atom. The van der Waals surface area contributed by atoms with Crippen molar-refractivity contribution in [3.8, 4) is 11.3 Å². The van der Waals surface area contributed by atoms with Crippen LogP contribution < -0.4 is 5.84 Å². The lowest BCUT2D eigenvalue weighted by Gasteiger charge is -2.17. The summed E-state index contributed by atoms with van der Waals surface area (Å²) < 4.78 is 5.98. The maximum atomic E-state index is 12.5. The molecular weight excluding hydrogens is 399 g/mol. The Hall–Kier alpha value is -1.99. The molecule has 28 heavy (non-hydrogen) atoms. The van der Waals surface area contributed by atoms with Crippen LogP contribution in [0.15, 0.2) is 53.1 Å². The molecule has 2 amide bonds. The summed E-state index contributed by atoms with van der Waals surface area (Å²) in [5, 5.41) is 1.86. The lowest BCUT2D eigenvalue weighted by atomic mass is 10.1. The van der Waals surface area contributed by atoms with Crippen LogP contribution in [0.2, 0.25) is 5.02 Å². The number of hydrogen-bond acceptors (Lipinski definition) is 4. The van der Waals surface area contributed by atoms with E-state index in [1.807, 2.05) is 50.5 Å². The number of hydrazine groups is 1. The average Bonchev–Trinajstić information content (AvgIpc) is 3.18. The molecule has 2 aromatic rings. The largest absolute Gasteiger partial charge is 0.458 e. The zero-order valence-corrected chi connectivity index (χ0v) is 17.7. The number of nitrogens with zero attached hydrogens (tertiary/aromatic N) is 3. The van der Waals surface area contributed by atoms with Gasteiger partial charge in [-0.1, -0.05) is 18.2 Å². The highest BCUT2D eigenvalue weighted by Gasteiger charge is 2.41. The fraction of sp³-hybridized carbons (Fsp3) is 0.350. The molecule has 0 radical (unpaired) electrons. The Morgan fingerprint density at radius 3 is 2.50 bits per heavy atom. The van der Waals surface area contributed by atoms with Crippen LogP contribution in [0.5, 0.6) is 0 Å². The van der Waals surface area contributed by atoms with E-state index >= 15 is 0 Å². The second kappa shape index (κ2) is 9.47. The first-order chi connectivity index (χ1) is 12.9. The lowest BCUT2D eigenvalue weighted by Crippen LogP contribution is -2.37. The Morgan fingerprint density at radius 1 is 1.18 bits per heavy atom. The molecule has 8 heteroatoms. The quantitative estimate of drug-likeness (QED) is 0.402. The molecule has 0 spiro atoms. The molecule has 2 N–H and O–H groups in total. The van der Waals surface area contributed by atoms with E-state index in [2.05, 4.69) is 11.5 Å². The summed E-state index contributed by atoms with van der Waals surface area (Å²) in [4.78, 5) is 16.3. The van der Waals surface area contributed by atoms with Crippen molar-refractivity contribution in [3.63, 3.8) is 0 Å². The number of carbonyl (C=O) groups is 1. The summed E-state index contributed by atoms with van der Waals surface area (Å²) >= 11 is 5.94. The van der Waals surface area contributed by atoms with Crippen LogP contribution in [0, 0.1) is 0 Å². The number of hydrogen-bond donors (Lipinski definition) is 1. The highest BCUT2D eigenvalue weighted by molar-refractivity contribution is 6.30. The van der Waals surface area contributed by atoms with Crippen LogP contribution >= 0.6 is 24.0 Å². The fourth-order valence-corrected chi connectivity index (χ4v) is 3.31. The van der Waals surface area contributed by atoms with Crippen LogP contribution in [0.1, 0.15) is 24.6 Å². The smallest absolute Gasteiger partial charge is 0.339 e. The maximum Gasteiger partial charge on any atom is 0.339 e. The predicted molar refractivity (Wildman–Crippen MR) is 114 cm³/mol. The van der Waals surface area contributed by atoms with E-state index < -0.39 is 6.04 Å². The molecule has 3 rings (SSSR count). The molecule has 1 aliphatic rings. The molecule has 1 saturated heterocycles. The third-order valence-electron chi connectivity index (χ3n) is 4.65. The normalized spacial score (nSPS) is 16.8. The minimum absolute atomic E-state index is 0. The number of unbranched alkanes of at least 4 members (excludes halogenated alkanes) is 1. The van der Waals surface area contributed by atoms with Crippen molar-refractivity contribution in [2.75, 3.05) is 27.2 Å². The summed E-state index contributed by atoms with van der Waals surface area (Å²) in [5.74, 6) is 7.34. The second-order valence-corrected chi connectivity index (χ2v) is 7.39. The number of furan rings is 1. The molecular formula is C20H26Cl2N4O2. The average molecular weight is 425 g/mol. The van der Waals surface area contributed by atoms with Crippen LogP contribution in [-0.2, 0) is 0 Å². The third-order valence-corrected chi connectivity index (χ3v) is 4.91. The molecule has 0 bridgehead atoms. The van der Waals surface area contributed by atoms with Crippen molar-refractivity contribution in [2.45, 2.75) is 18.9 Å². The van der Waals surface area contributed by atoms with Gasteiger partial charge in [-0.25, -0.2) is 15.6 Å². The molecule has 1 unspecified atom stereocenters. The van der Waals surface area contributed by atoms with Crippen molar-refractivity contribution in [2.24, 2.45) is 5.84 Å². The van der Waals surface area contributed by atoms with E-state index in [0.29, 0.717) is 28.8 Å². The first-order valence-corrected chi connectivity index (χ1v) is 9.31. The standard InChI is InChI=1S/C20H25ClN4O2.ClH/c1-14-19(25(22)20(26)24(14)13-5-4-12-23(2)3)18-11-10-17(27-18)15-6-8-16(21)9-7-15;/h6-11,19H,1,4-5,12-13,22H2,2-3H3;1H. The molecule has 1 atom stereocenters. The van der Waals surface area contributed by atoms with E-state index in [0.717, 1.165) is 24.9 Å². The summed E-state index contributed by atoms with van der Waals surface area (Å²) in [6.07, 6.45) is 1.89. The van der Waals surface area contributed by atoms with Gasteiger partial charge in [-0.3, -0.25) is 4.90 Å². The summed E-state index contributed by atoms with van der Waals surface area (Å²) in [7, 11) is 4.07. The molecule has 2 heterocycles. The van der Waals surface area contributed by atoms with Gasteiger partial charge in [0.25, 0.3) is 0 Å². The van der Waals surface area contributed by atoms with Gasteiger partial charge in [0.15, 0.2) is 0 Å².